The molecule has 7 nitrogen and oxygen atoms in total. The monoisotopic (exact) mass is 353 g/mol. The molecule has 0 aliphatic carbocycles. The molecule has 2 aromatic carbocycles. The molecule has 0 spiro atoms. The highest BCUT2D eigenvalue weighted by molar-refractivity contribution is 6.23. The van der Waals surface area contributed by atoms with E-state index in [1.807, 2.05) is 30.9 Å². The third-order valence-corrected chi connectivity index (χ3v) is 4.49. The van der Waals surface area contributed by atoms with Crippen LogP contribution in [0.2, 0.25) is 0 Å². The van der Waals surface area contributed by atoms with Crippen molar-refractivity contribution >= 4 is 17.5 Å². The van der Waals surface area contributed by atoms with Crippen molar-refractivity contribution in [1.82, 2.24) is 9.80 Å². The SMILES string of the molecule is Cc1ccc(CN(C)CN2C(=O)c3cccc([N+](=O)[O-])c3C2=O)c(C)c1. The first-order chi connectivity index (χ1) is 12.3. The van der Waals surface area contributed by atoms with Gasteiger partial charge in [0.1, 0.15) is 5.56 Å². The van der Waals surface area contributed by atoms with Gasteiger partial charge in [-0.15, -0.1) is 0 Å². The average Bonchev–Trinajstić information content (AvgIpc) is 2.82. The highest BCUT2D eigenvalue weighted by atomic mass is 16.6. The van der Waals surface area contributed by atoms with Gasteiger partial charge in [0.25, 0.3) is 17.5 Å². The zero-order chi connectivity index (χ0) is 19.0. The molecular formula is C19H19N3O4. The van der Waals surface area contributed by atoms with Crippen molar-refractivity contribution in [3.05, 3.63) is 74.3 Å². The second-order valence-corrected chi connectivity index (χ2v) is 6.58. The molecule has 0 saturated heterocycles. The number of nitro groups is 1. The van der Waals surface area contributed by atoms with Gasteiger partial charge in [0, 0.05) is 12.6 Å². The van der Waals surface area contributed by atoms with Crippen molar-refractivity contribution < 1.29 is 14.5 Å². The first-order valence-electron chi connectivity index (χ1n) is 8.18. The van der Waals surface area contributed by atoms with Gasteiger partial charge in [0.05, 0.1) is 17.2 Å². The van der Waals surface area contributed by atoms with Crippen LogP contribution in [0.4, 0.5) is 5.69 Å². The standard InChI is InChI=1S/C19H19N3O4/c1-12-7-8-14(13(2)9-12)10-20(3)11-21-18(23)15-5-4-6-16(22(25)26)17(15)19(21)24/h4-9H,10-11H2,1-3H3. The van der Waals surface area contributed by atoms with Crippen LogP contribution in [0.1, 0.15) is 37.4 Å². The number of carbonyl (C=O) groups is 2. The van der Waals surface area contributed by atoms with Gasteiger partial charge in [-0.2, -0.15) is 0 Å². The zero-order valence-corrected chi connectivity index (χ0v) is 14.9. The molecule has 0 unspecified atom stereocenters. The maximum Gasteiger partial charge on any atom is 0.282 e. The maximum absolute atomic E-state index is 12.6. The van der Waals surface area contributed by atoms with Gasteiger partial charge < -0.3 is 0 Å². The Hall–Kier alpha value is -3.06. The Morgan fingerprint density at radius 3 is 2.50 bits per heavy atom. The molecule has 7 heteroatoms. The van der Waals surface area contributed by atoms with E-state index in [-0.39, 0.29) is 23.5 Å². The largest absolute Gasteiger partial charge is 0.284 e. The number of hydrogen-bond donors (Lipinski definition) is 0. The maximum atomic E-state index is 12.6. The fourth-order valence-corrected chi connectivity index (χ4v) is 3.20. The van der Waals surface area contributed by atoms with E-state index >= 15 is 0 Å². The summed E-state index contributed by atoms with van der Waals surface area (Å²) >= 11 is 0. The van der Waals surface area contributed by atoms with Crippen molar-refractivity contribution in [2.24, 2.45) is 0 Å². The number of rotatable bonds is 5. The van der Waals surface area contributed by atoms with E-state index < -0.39 is 16.7 Å². The number of imide groups is 1. The minimum atomic E-state index is -0.632. The highest BCUT2D eigenvalue weighted by Crippen LogP contribution is 2.30. The van der Waals surface area contributed by atoms with Gasteiger partial charge in [-0.05, 0) is 38.1 Å². The molecule has 3 rings (SSSR count). The van der Waals surface area contributed by atoms with Gasteiger partial charge in [-0.25, -0.2) is 0 Å². The van der Waals surface area contributed by atoms with Crippen LogP contribution in [0.25, 0.3) is 0 Å². The molecule has 0 saturated carbocycles. The van der Waals surface area contributed by atoms with Crippen molar-refractivity contribution in [3.63, 3.8) is 0 Å². The van der Waals surface area contributed by atoms with Gasteiger partial charge >= 0.3 is 0 Å². The molecule has 0 atom stereocenters. The summed E-state index contributed by atoms with van der Waals surface area (Å²) in [5.41, 5.74) is 3.03. The number of hydrogen-bond acceptors (Lipinski definition) is 5. The summed E-state index contributed by atoms with van der Waals surface area (Å²) in [4.78, 5) is 38.6. The van der Waals surface area contributed by atoms with Crippen molar-refractivity contribution in [2.45, 2.75) is 20.4 Å². The van der Waals surface area contributed by atoms with Crippen LogP contribution in [0, 0.1) is 24.0 Å². The van der Waals surface area contributed by atoms with Crippen LogP contribution >= 0.6 is 0 Å². The molecule has 0 bridgehead atoms. The predicted molar refractivity (Wildman–Crippen MR) is 95.8 cm³/mol. The lowest BCUT2D eigenvalue weighted by Gasteiger charge is -2.23. The normalized spacial score (nSPS) is 13.5. The number of benzene rings is 2. The van der Waals surface area contributed by atoms with E-state index in [0.29, 0.717) is 6.54 Å². The number of carbonyl (C=O) groups excluding carboxylic acids is 2. The minimum Gasteiger partial charge on any atom is -0.284 e. The van der Waals surface area contributed by atoms with Crippen LogP contribution in [0.15, 0.2) is 36.4 Å². The Labute approximate surface area is 151 Å². The summed E-state index contributed by atoms with van der Waals surface area (Å²) in [6.07, 6.45) is 0. The predicted octanol–water partition coefficient (Wildman–Crippen LogP) is 2.90. The van der Waals surface area contributed by atoms with Gasteiger partial charge in [0.2, 0.25) is 0 Å². The first kappa shape index (κ1) is 17.8. The van der Waals surface area contributed by atoms with Crippen LogP contribution < -0.4 is 0 Å². The Bertz CT molecular complexity index is 923. The highest BCUT2D eigenvalue weighted by Gasteiger charge is 2.41. The van der Waals surface area contributed by atoms with E-state index in [4.69, 9.17) is 0 Å². The van der Waals surface area contributed by atoms with E-state index in [2.05, 4.69) is 6.07 Å². The molecule has 0 radical (unpaired) electrons. The molecule has 26 heavy (non-hydrogen) atoms. The molecule has 0 N–H and O–H groups in total. The summed E-state index contributed by atoms with van der Waals surface area (Å²) in [5.74, 6) is -1.12. The Morgan fingerprint density at radius 2 is 1.85 bits per heavy atom. The van der Waals surface area contributed by atoms with E-state index in [1.165, 1.54) is 23.8 Å². The number of nitro benzene ring substituents is 1. The second-order valence-electron chi connectivity index (χ2n) is 6.58. The lowest BCUT2D eigenvalue weighted by Crippen LogP contribution is -2.39. The Kier molecular flexibility index (Phi) is 4.56. The molecule has 2 aromatic rings. The number of aryl methyl sites for hydroxylation is 2. The average molecular weight is 353 g/mol. The van der Waals surface area contributed by atoms with E-state index in [1.54, 1.807) is 7.05 Å². The van der Waals surface area contributed by atoms with E-state index in [0.717, 1.165) is 16.0 Å². The van der Waals surface area contributed by atoms with Crippen LogP contribution in [0.5, 0.6) is 0 Å². The Balaban J connectivity index is 1.80. The van der Waals surface area contributed by atoms with Crippen LogP contribution in [-0.2, 0) is 6.54 Å². The molecule has 0 aromatic heterocycles. The lowest BCUT2D eigenvalue weighted by molar-refractivity contribution is -0.385. The van der Waals surface area contributed by atoms with Gasteiger partial charge in [-0.3, -0.25) is 29.5 Å². The minimum absolute atomic E-state index is 0.0663. The van der Waals surface area contributed by atoms with Crippen molar-refractivity contribution in [3.8, 4) is 0 Å². The van der Waals surface area contributed by atoms with Crippen molar-refractivity contribution in [2.75, 3.05) is 13.7 Å². The zero-order valence-electron chi connectivity index (χ0n) is 14.9. The van der Waals surface area contributed by atoms with Gasteiger partial charge in [0.15, 0.2) is 0 Å². The van der Waals surface area contributed by atoms with Gasteiger partial charge in [-0.1, -0.05) is 29.8 Å². The third kappa shape index (κ3) is 3.09. The summed E-state index contributed by atoms with van der Waals surface area (Å²) in [5, 5.41) is 11.2. The molecule has 2 amide bonds. The molecule has 1 aliphatic heterocycles. The smallest absolute Gasteiger partial charge is 0.282 e. The van der Waals surface area contributed by atoms with E-state index in [9.17, 15) is 19.7 Å². The Morgan fingerprint density at radius 1 is 1.12 bits per heavy atom. The number of amides is 2. The molecule has 0 fully saturated rings. The fourth-order valence-electron chi connectivity index (χ4n) is 3.20. The summed E-state index contributed by atoms with van der Waals surface area (Å²) < 4.78 is 0. The molecule has 1 heterocycles. The number of fused-ring (bicyclic) bond motifs is 1. The second kappa shape index (κ2) is 6.68. The quantitative estimate of drug-likeness (QED) is 0.469. The lowest BCUT2D eigenvalue weighted by atomic mass is 10.1. The summed E-state index contributed by atoms with van der Waals surface area (Å²) in [6, 6.07) is 10.2. The first-order valence-corrected chi connectivity index (χ1v) is 8.18. The van der Waals surface area contributed by atoms with Crippen LogP contribution in [-0.4, -0.2) is 40.3 Å². The molecular weight excluding hydrogens is 334 g/mol. The summed E-state index contributed by atoms with van der Waals surface area (Å²) in [6.45, 7) is 4.66. The third-order valence-electron chi connectivity index (χ3n) is 4.49. The summed E-state index contributed by atoms with van der Waals surface area (Å²) in [7, 11) is 1.80. The van der Waals surface area contributed by atoms with Crippen molar-refractivity contribution in [1.29, 1.82) is 0 Å². The topological polar surface area (TPSA) is 83.8 Å². The number of nitrogens with zero attached hydrogens (tertiary/aromatic N) is 3. The molecule has 134 valence electrons. The fraction of sp³-hybridized carbons (Fsp3) is 0.263. The molecule has 1 aliphatic rings. The van der Waals surface area contributed by atoms with Crippen LogP contribution in [0.3, 0.4) is 0 Å².